The second-order valence-electron chi connectivity index (χ2n) is 7.88. The van der Waals surface area contributed by atoms with Gasteiger partial charge in [-0.15, -0.1) is 11.3 Å². The summed E-state index contributed by atoms with van der Waals surface area (Å²) < 4.78 is 1.90. The smallest absolute Gasteiger partial charge is 0.264 e. The number of aromatic nitrogens is 2. The van der Waals surface area contributed by atoms with Crippen LogP contribution in [0.25, 0.3) is 10.2 Å². The highest BCUT2D eigenvalue weighted by Crippen LogP contribution is 2.35. The molecule has 1 saturated heterocycles. The topological polar surface area (TPSA) is 53.4 Å². The van der Waals surface area contributed by atoms with E-state index >= 15 is 0 Å². The van der Waals surface area contributed by atoms with Gasteiger partial charge in [0, 0.05) is 43.6 Å². The largest absolute Gasteiger partial charge is 0.363 e. The van der Waals surface area contributed by atoms with Crippen molar-refractivity contribution in [3.05, 3.63) is 20.8 Å². The Hall–Kier alpha value is -1.67. The molecule has 152 valence electrons. The normalized spacial score (nSPS) is 17.3. The molecule has 0 atom stereocenters. The molecule has 0 aromatic carbocycles. The summed E-state index contributed by atoms with van der Waals surface area (Å²) in [7, 11) is 0. The number of fused-ring (bicyclic) bond motifs is 3. The first kappa shape index (κ1) is 19.6. The lowest BCUT2D eigenvalue weighted by molar-refractivity contribution is 0.374. The first-order valence-electron chi connectivity index (χ1n) is 10.4. The van der Waals surface area contributed by atoms with E-state index in [0.717, 1.165) is 66.8 Å². The molecule has 1 aliphatic carbocycles. The molecule has 1 N–H and O–H groups in total. The second kappa shape index (κ2) is 7.99. The minimum atomic E-state index is 0.0828. The van der Waals surface area contributed by atoms with Gasteiger partial charge in [0.05, 0.1) is 5.39 Å². The summed E-state index contributed by atoms with van der Waals surface area (Å²) in [5.41, 5.74) is 1.41. The minimum absolute atomic E-state index is 0.0828. The molecule has 8 heteroatoms. The maximum Gasteiger partial charge on any atom is 0.264 e. The number of nitrogens with zero attached hydrogens (tertiary/aromatic N) is 4. The van der Waals surface area contributed by atoms with Crippen LogP contribution in [0.15, 0.2) is 4.79 Å². The fourth-order valence-electron chi connectivity index (χ4n) is 4.27. The fourth-order valence-corrected chi connectivity index (χ4v) is 5.84. The van der Waals surface area contributed by atoms with Crippen molar-refractivity contribution in [2.24, 2.45) is 0 Å². The molecule has 4 rings (SSSR count). The van der Waals surface area contributed by atoms with Gasteiger partial charge in [0.15, 0.2) is 5.11 Å². The lowest BCUT2D eigenvalue weighted by Gasteiger charge is -2.37. The number of aryl methyl sites for hydroxylation is 2. The van der Waals surface area contributed by atoms with E-state index in [4.69, 9.17) is 17.2 Å². The number of hydrogen-bond donors (Lipinski definition) is 1. The Labute approximate surface area is 175 Å². The van der Waals surface area contributed by atoms with Crippen LogP contribution in [0.5, 0.6) is 0 Å². The Morgan fingerprint density at radius 1 is 1.21 bits per heavy atom. The zero-order valence-corrected chi connectivity index (χ0v) is 18.6. The Kier molecular flexibility index (Phi) is 5.60. The third-order valence-electron chi connectivity index (χ3n) is 5.70. The van der Waals surface area contributed by atoms with E-state index in [-0.39, 0.29) is 11.6 Å². The van der Waals surface area contributed by atoms with Gasteiger partial charge in [-0.1, -0.05) is 0 Å². The van der Waals surface area contributed by atoms with Crippen molar-refractivity contribution in [3.8, 4) is 0 Å². The average Bonchev–Trinajstić information content (AvgIpc) is 3.06. The van der Waals surface area contributed by atoms with Crippen molar-refractivity contribution in [3.63, 3.8) is 0 Å². The number of piperazine rings is 1. The monoisotopic (exact) mass is 419 g/mol. The van der Waals surface area contributed by atoms with Crippen LogP contribution in [-0.2, 0) is 12.8 Å². The van der Waals surface area contributed by atoms with Gasteiger partial charge in [-0.25, -0.2) is 4.98 Å². The van der Waals surface area contributed by atoms with Gasteiger partial charge in [-0.3, -0.25) is 9.36 Å². The first-order valence-corrected chi connectivity index (χ1v) is 11.6. The molecule has 2 aromatic rings. The molecule has 0 radical (unpaired) electrons. The molecule has 1 aliphatic heterocycles. The van der Waals surface area contributed by atoms with Crippen molar-refractivity contribution in [2.75, 3.05) is 37.6 Å². The van der Waals surface area contributed by atoms with E-state index in [1.54, 1.807) is 11.3 Å². The van der Waals surface area contributed by atoms with Crippen molar-refractivity contribution < 1.29 is 0 Å². The lowest BCUT2D eigenvalue weighted by atomic mass is 9.97. The Morgan fingerprint density at radius 2 is 1.93 bits per heavy atom. The molecular weight excluding hydrogens is 390 g/mol. The highest BCUT2D eigenvalue weighted by molar-refractivity contribution is 7.80. The van der Waals surface area contributed by atoms with Gasteiger partial charge in [0.25, 0.3) is 5.56 Å². The summed E-state index contributed by atoms with van der Waals surface area (Å²) in [6.07, 6.45) is 4.51. The van der Waals surface area contributed by atoms with Gasteiger partial charge in [0.2, 0.25) is 5.95 Å². The van der Waals surface area contributed by atoms with Crippen LogP contribution in [0.4, 0.5) is 5.95 Å². The average molecular weight is 420 g/mol. The summed E-state index contributed by atoms with van der Waals surface area (Å²) in [5.74, 6) is 0.820. The molecule has 3 heterocycles. The standard InChI is InChI=1S/C20H29N5OS2/c1-4-21-20(27)24-11-9-23(10-12-24)19-22-17-16(18(26)25(19)13(2)3)14-7-5-6-8-15(14)28-17/h13H,4-12H2,1-3H3,(H,21,27). The van der Waals surface area contributed by atoms with Crippen LogP contribution < -0.4 is 15.8 Å². The van der Waals surface area contributed by atoms with Crippen LogP contribution in [0, 0.1) is 0 Å². The van der Waals surface area contributed by atoms with Crippen LogP contribution in [0.2, 0.25) is 0 Å². The van der Waals surface area contributed by atoms with E-state index in [1.165, 1.54) is 23.3 Å². The minimum Gasteiger partial charge on any atom is -0.363 e. The van der Waals surface area contributed by atoms with Crippen molar-refractivity contribution in [1.29, 1.82) is 0 Å². The zero-order valence-electron chi connectivity index (χ0n) is 17.0. The maximum atomic E-state index is 13.5. The zero-order chi connectivity index (χ0) is 19.8. The number of thiophene rings is 1. The summed E-state index contributed by atoms with van der Waals surface area (Å²) in [5, 5.41) is 4.93. The van der Waals surface area contributed by atoms with E-state index in [1.807, 2.05) is 4.57 Å². The lowest BCUT2D eigenvalue weighted by Crippen LogP contribution is -2.52. The molecule has 1 fully saturated rings. The molecule has 0 amide bonds. The number of rotatable bonds is 3. The number of hydrogen-bond acceptors (Lipinski definition) is 5. The SMILES string of the molecule is CCNC(=S)N1CCN(c2nc3sc4c(c3c(=O)n2C(C)C)CCCC4)CC1. The molecule has 0 spiro atoms. The molecule has 0 unspecified atom stereocenters. The second-order valence-corrected chi connectivity index (χ2v) is 9.35. The predicted molar refractivity (Wildman–Crippen MR) is 121 cm³/mol. The van der Waals surface area contributed by atoms with E-state index < -0.39 is 0 Å². The summed E-state index contributed by atoms with van der Waals surface area (Å²) >= 11 is 7.19. The third-order valence-corrected chi connectivity index (χ3v) is 7.28. The highest BCUT2D eigenvalue weighted by Gasteiger charge is 2.27. The van der Waals surface area contributed by atoms with Gasteiger partial charge < -0.3 is 15.1 Å². The number of nitrogens with one attached hydrogen (secondary N) is 1. The van der Waals surface area contributed by atoms with Crippen LogP contribution in [0.3, 0.4) is 0 Å². The quantitative estimate of drug-likeness (QED) is 0.772. The number of anilines is 1. The first-order chi connectivity index (χ1) is 13.5. The third kappa shape index (κ3) is 3.41. The molecule has 0 bridgehead atoms. The maximum absolute atomic E-state index is 13.5. The van der Waals surface area contributed by atoms with Crippen molar-refractivity contribution in [1.82, 2.24) is 19.8 Å². The van der Waals surface area contributed by atoms with E-state index in [0.29, 0.717) is 0 Å². The Balaban J connectivity index is 1.70. The van der Waals surface area contributed by atoms with E-state index in [9.17, 15) is 4.79 Å². The summed E-state index contributed by atoms with van der Waals surface area (Å²) in [6, 6.07) is 0.0828. The molecule has 2 aromatic heterocycles. The molecule has 28 heavy (non-hydrogen) atoms. The van der Waals surface area contributed by atoms with Crippen molar-refractivity contribution >= 4 is 44.8 Å². The van der Waals surface area contributed by atoms with Crippen LogP contribution in [-0.4, -0.2) is 52.3 Å². The molecular formula is C20H29N5OS2. The predicted octanol–water partition coefficient (Wildman–Crippen LogP) is 2.93. The van der Waals surface area contributed by atoms with Gasteiger partial charge in [-0.05, 0) is 64.2 Å². The fraction of sp³-hybridized carbons (Fsp3) is 0.650. The van der Waals surface area contributed by atoms with Gasteiger partial charge >= 0.3 is 0 Å². The summed E-state index contributed by atoms with van der Waals surface area (Å²) in [4.78, 5) is 25.3. The molecule has 0 saturated carbocycles. The Bertz CT molecular complexity index is 940. The van der Waals surface area contributed by atoms with Gasteiger partial charge in [-0.2, -0.15) is 0 Å². The summed E-state index contributed by atoms with van der Waals surface area (Å²) in [6.45, 7) is 10.4. The van der Waals surface area contributed by atoms with Gasteiger partial charge in [0.1, 0.15) is 4.83 Å². The van der Waals surface area contributed by atoms with E-state index in [2.05, 4.69) is 35.9 Å². The Morgan fingerprint density at radius 3 is 2.61 bits per heavy atom. The number of thiocarbonyl (C=S) groups is 1. The van der Waals surface area contributed by atoms with Crippen LogP contribution in [0.1, 0.15) is 50.1 Å². The highest BCUT2D eigenvalue weighted by atomic mass is 32.1. The molecule has 6 nitrogen and oxygen atoms in total. The van der Waals surface area contributed by atoms with Crippen molar-refractivity contribution in [2.45, 2.75) is 52.5 Å². The molecule has 2 aliphatic rings. The van der Waals surface area contributed by atoms with Crippen LogP contribution >= 0.6 is 23.6 Å².